The van der Waals surface area contributed by atoms with E-state index >= 15 is 0 Å². The van der Waals surface area contributed by atoms with E-state index in [-0.39, 0.29) is 11.5 Å². The zero-order valence-electron chi connectivity index (χ0n) is 21.4. The second-order valence-corrected chi connectivity index (χ2v) is 11.5. The van der Waals surface area contributed by atoms with Crippen molar-refractivity contribution in [2.24, 2.45) is 0 Å². The molecule has 0 spiro atoms. The lowest BCUT2D eigenvalue weighted by Gasteiger charge is -2.12. The monoisotopic (exact) mass is 538 g/mol. The van der Waals surface area contributed by atoms with Gasteiger partial charge >= 0.3 is 7.82 Å². The number of ketones is 1. The van der Waals surface area contributed by atoms with Gasteiger partial charge in [-0.2, -0.15) is 0 Å². The summed E-state index contributed by atoms with van der Waals surface area (Å²) in [6.07, 6.45) is 4.51. The number of ether oxygens (including phenoxy) is 1. The van der Waals surface area contributed by atoms with Crippen molar-refractivity contribution in [2.45, 2.75) is 53.4 Å². The van der Waals surface area contributed by atoms with Gasteiger partial charge in [0.15, 0.2) is 5.75 Å². The van der Waals surface area contributed by atoms with Crippen LogP contribution in [0.2, 0.25) is 0 Å². The van der Waals surface area contributed by atoms with Gasteiger partial charge in [-0.25, -0.2) is 4.57 Å². The molecule has 0 bridgehead atoms. The predicted molar refractivity (Wildman–Crippen MR) is 148 cm³/mol. The van der Waals surface area contributed by atoms with Crippen LogP contribution in [-0.4, -0.2) is 15.6 Å². The van der Waals surface area contributed by atoms with Crippen LogP contribution in [0.25, 0.3) is 10.1 Å². The third-order valence-corrected chi connectivity index (χ3v) is 7.74. The highest BCUT2D eigenvalue weighted by Crippen LogP contribution is 2.45. The van der Waals surface area contributed by atoms with Crippen molar-refractivity contribution in [3.8, 4) is 17.2 Å². The maximum Gasteiger partial charge on any atom is 0.524 e. The molecule has 0 aliphatic rings. The van der Waals surface area contributed by atoms with Crippen LogP contribution >= 0.6 is 19.2 Å². The van der Waals surface area contributed by atoms with Crippen molar-refractivity contribution >= 4 is 35.0 Å². The van der Waals surface area contributed by atoms with Gasteiger partial charge < -0.3 is 9.26 Å². The standard InChI is InChI=1S/C29H31O6PS/c1-5-6-7-8-21-9-11-22(12-10-21)34-28-24-14-13-23(35-36(31,32)33)17-25(24)37-29(28)27(30)26-19(3)15-18(2)16-20(26)4/h9-17H,5-8H2,1-4H3,(H2,31,32,33). The number of phosphoric ester groups is 1. The van der Waals surface area contributed by atoms with Crippen LogP contribution in [0.1, 0.15) is 63.7 Å². The molecule has 4 rings (SSSR count). The summed E-state index contributed by atoms with van der Waals surface area (Å²) in [5.74, 6) is 0.901. The van der Waals surface area contributed by atoms with E-state index in [1.54, 1.807) is 6.07 Å². The minimum Gasteiger partial charge on any atom is -0.455 e. The predicted octanol–water partition coefficient (Wildman–Crippen LogP) is 8.05. The normalized spacial score (nSPS) is 11.6. The molecule has 0 radical (unpaired) electrons. The van der Waals surface area contributed by atoms with E-state index in [0.717, 1.165) is 29.5 Å². The van der Waals surface area contributed by atoms with Gasteiger partial charge in [-0.3, -0.25) is 14.6 Å². The molecule has 0 saturated carbocycles. The lowest BCUT2D eigenvalue weighted by Crippen LogP contribution is -2.06. The summed E-state index contributed by atoms with van der Waals surface area (Å²) in [6.45, 7) is 8.02. The van der Waals surface area contributed by atoms with Crippen LogP contribution in [0.4, 0.5) is 0 Å². The quantitative estimate of drug-likeness (QED) is 0.121. The molecule has 37 heavy (non-hydrogen) atoms. The summed E-state index contributed by atoms with van der Waals surface area (Å²) >= 11 is 1.22. The smallest absolute Gasteiger partial charge is 0.455 e. The van der Waals surface area contributed by atoms with Crippen LogP contribution in [0.3, 0.4) is 0 Å². The molecule has 6 nitrogen and oxygen atoms in total. The van der Waals surface area contributed by atoms with E-state index in [9.17, 15) is 19.1 Å². The molecule has 0 fully saturated rings. The molecule has 1 heterocycles. The molecule has 3 aromatic carbocycles. The molecule has 8 heteroatoms. The Morgan fingerprint density at radius 2 is 1.57 bits per heavy atom. The minimum absolute atomic E-state index is 0.0201. The van der Waals surface area contributed by atoms with Gasteiger partial charge in [0.1, 0.15) is 16.4 Å². The van der Waals surface area contributed by atoms with E-state index in [0.29, 0.717) is 32.0 Å². The average molecular weight is 539 g/mol. The molecular formula is C29H31O6PS. The highest BCUT2D eigenvalue weighted by Gasteiger charge is 2.25. The second-order valence-electron chi connectivity index (χ2n) is 9.31. The van der Waals surface area contributed by atoms with Crippen LogP contribution in [0.5, 0.6) is 17.2 Å². The number of phosphoric acid groups is 1. The fourth-order valence-corrected chi connectivity index (χ4v) is 6.06. The number of benzene rings is 3. The first-order chi connectivity index (χ1) is 17.6. The van der Waals surface area contributed by atoms with Gasteiger partial charge in [-0.05, 0) is 80.6 Å². The van der Waals surface area contributed by atoms with Crippen molar-refractivity contribution in [3.63, 3.8) is 0 Å². The Morgan fingerprint density at radius 3 is 2.19 bits per heavy atom. The van der Waals surface area contributed by atoms with Gasteiger partial charge in [-0.1, -0.05) is 49.6 Å². The zero-order valence-corrected chi connectivity index (χ0v) is 23.1. The zero-order chi connectivity index (χ0) is 26.7. The molecule has 2 N–H and O–H groups in total. The third-order valence-electron chi connectivity index (χ3n) is 6.16. The van der Waals surface area contributed by atoms with E-state index in [1.165, 1.54) is 41.9 Å². The number of fused-ring (bicyclic) bond motifs is 1. The van der Waals surface area contributed by atoms with Gasteiger partial charge in [0.05, 0.1) is 0 Å². The van der Waals surface area contributed by atoms with Crippen molar-refractivity contribution in [3.05, 3.63) is 87.3 Å². The lowest BCUT2D eigenvalue weighted by molar-refractivity contribution is 0.103. The molecule has 0 aliphatic heterocycles. The van der Waals surface area contributed by atoms with E-state index in [1.807, 2.05) is 57.2 Å². The molecule has 4 aromatic rings. The summed E-state index contributed by atoms with van der Waals surface area (Å²) < 4.78 is 23.1. The van der Waals surface area contributed by atoms with Crippen LogP contribution in [0, 0.1) is 20.8 Å². The van der Waals surface area contributed by atoms with E-state index < -0.39 is 7.82 Å². The number of hydrogen-bond donors (Lipinski definition) is 2. The largest absolute Gasteiger partial charge is 0.524 e. The summed E-state index contributed by atoms with van der Waals surface area (Å²) in [6, 6.07) is 16.5. The second kappa shape index (κ2) is 11.2. The number of rotatable bonds is 10. The number of unbranched alkanes of at least 4 members (excludes halogenated alkanes) is 2. The first-order valence-corrected chi connectivity index (χ1v) is 14.6. The van der Waals surface area contributed by atoms with Gasteiger partial charge in [0.2, 0.25) is 5.78 Å². The van der Waals surface area contributed by atoms with Crippen molar-refractivity contribution < 1.29 is 28.4 Å². The number of carbonyl (C=O) groups is 1. The Labute approximate surface area is 221 Å². The molecule has 194 valence electrons. The van der Waals surface area contributed by atoms with E-state index in [2.05, 4.69) is 6.92 Å². The molecule has 0 atom stereocenters. The Kier molecular flexibility index (Phi) is 8.20. The average Bonchev–Trinajstić information content (AvgIpc) is 3.16. The molecular weight excluding hydrogens is 507 g/mol. The Morgan fingerprint density at radius 1 is 0.919 bits per heavy atom. The maximum absolute atomic E-state index is 13.9. The third kappa shape index (κ3) is 6.49. The highest BCUT2D eigenvalue weighted by atomic mass is 32.1. The molecule has 0 aliphatic carbocycles. The Bertz CT molecular complexity index is 1460. The van der Waals surface area contributed by atoms with Gasteiger partial charge in [0.25, 0.3) is 0 Å². The lowest BCUT2D eigenvalue weighted by atomic mass is 9.95. The van der Waals surface area contributed by atoms with E-state index in [4.69, 9.17) is 9.26 Å². The topological polar surface area (TPSA) is 93.1 Å². The number of aryl methyl sites for hydroxylation is 4. The number of carbonyl (C=O) groups excluding carboxylic acids is 1. The van der Waals surface area contributed by atoms with Crippen molar-refractivity contribution in [1.29, 1.82) is 0 Å². The first kappa shape index (κ1) is 27.1. The molecule has 0 unspecified atom stereocenters. The summed E-state index contributed by atoms with van der Waals surface area (Å²) in [5.41, 5.74) is 4.70. The van der Waals surface area contributed by atoms with Crippen LogP contribution in [0.15, 0.2) is 54.6 Å². The van der Waals surface area contributed by atoms with Crippen LogP contribution in [-0.2, 0) is 11.0 Å². The summed E-state index contributed by atoms with van der Waals surface area (Å²) in [5, 5.41) is 0.667. The van der Waals surface area contributed by atoms with Gasteiger partial charge in [0, 0.05) is 15.6 Å². The number of hydrogen-bond acceptors (Lipinski definition) is 5. The molecule has 0 amide bonds. The maximum atomic E-state index is 13.9. The molecule has 1 aromatic heterocycles. The Hall–Kier alpha value is -2.96. The first-order valence-electron chi connectivity index (χ1n) is 12.3. The van der Waals surface area contributed by atoms with Crippen molar-refractivity contribution in [2.75, 3.05) is 0 Å². The summed E-state index contributed by atoms with van der Waals surface area (Å²) in [7, 11) is -4.72. The SMILES string of the molecule is CCCCCc1ccc(Oc2c(C(=O)c3c(C)cc(C)cc3C)sc3cc(OP(=O)(O)O)ccc23)cc1. The van der Waals surface area contributed by atoms with Crippen LogP contribution < -0.4 is 9.26 Å². The van der Waals surface area contributed by atoms with Gasteiger partial charge in [-0.15, -0.1) is 11.3 Å². The highest BCUT2D eigenvalue weighted by molar-refractivity contribution is 7.46. The fraction of sp³-hybridized carbons (Fsp3) is 0.276. The summed E-state index contributed by atoms with van der Waals surface area (Å²) in [4.78, 5) is 32.7. The fourth-order valence-electron chi connectivity index (χ4n) is 4.57. The Balaban J connectivity index is 1.77. The minimum atomic E-state index is -4.72. The number of thiophene rings is 1. The molecule has 0 saturated heterocycles. The van der Waals surface area contributed by atoms with Crippen molar-refractivity contribution in [1.82, 2.24) is 0 Å².